The third kappa shape index (κ3) is 1.88. The molecule has 3 rings (SSSR count). The molecular formula is C12H7BrClN3S. The van der Waals surface area contributed by atoms with Crippen LogP contribution in [0.2, 0.25) is 5.02 Å². The second-order valence-electron chi connectivity index (χ2n) is 3.76. The van der Waals surface area contributed by atoms with Crippen molar-refractivity contribution in [1.82, 2.24) is 14.5 Å². The van der Waals surface area contributed by atoms with Crippen molar-refractivity contribution < 1.29 is 0 Å². The Morgan fingerprint density at radius 1 is 1.33 bits per heavy atom. The summed E-state index contributed by atoms with van der Waals surface area (Å²) in [7, 11) is 0. The van der Waals surface area contributed by atoms with E-state index in [0.717, 1.165) is 21.2 Å². The zero-order valence-electron chi connectivity index (χ0n) is 9.02. The highest BCUT2D eigenvalue weighted by molar-refractivity contribution is 9.10. The molecule has 2 heterocycles. The third-order valence-electron chi connectivity index (χ3n) is 2.65. The van der Waals surface area contributed by atoms with Crippen molar-refractivity contribution in [2.24, 2.45) is 0 Å². The Morgan fingerprint density at radius 3 is 2.94 bits per heavy atom. The largest absolute Gasteiger partial charge is 0.329 e. The number of H-pyrrole nitrogens is 1. The Bertz CT molecular complexity index is 793. The number of aromatic nitrogens is 3. The maximum atomic E-state index is 6.00. The number of pyridine rings is 1. The molecule has 0 unspecified atom stereocenters. The molecule has 2 aromatic heterocycles. The molecule has 0 fully saturated rings. The van der Waals surface area contributed by atoms with Gasteiger partial charge >= 0.3 is 0 Å². The average Bonchev–Trinajstić information content (AvgIpc) is 2.69. The van der Waals surface area contributed by atoms with Crippen LogP contribution in [0.3, 0.4) is 0 Å². The Morgan fingerprint density at radius 2 is 2.17 bits per heavy atom. The van der Waals surface area contributed by atoms with Gasteiger partial charge in [0.2, 0.25) is 0 Å². The molecule has 3 nitrogen and oxygen atoms in total. The van der Waals surface area contributed by atoms with Gasteiger partial charge in [-0.05, 0) is 52.4 Å². The van der Waals surface area contributed by atoms with E-state index in [1.165, 1.54) is 0 Å². The Labute approximate surface area is 122 Å². The van der Waals surface area contributed by atoms with E-state index in [2.05, 4.69) is 25.9 Å². The van der Waals surface area contributed by atoms with Gasteiger partial charge in [0.1, 0.15) is 0 Å². The van der Waals surface area contributed by atoms with E-state index < -0.39 is 0 Å². The minimum absolute atomic E-state index is 0.632. The van der Waals surface area contributed by atoms with Gasteiger partial charge in [-0.25, -0.2) is 0 Å². The third-order valence-corrected chi connectivity index (χ3v) is 4.14. The molecule has 1 N–H and O–H groups in total. The van der Waals surface area contributed by atoms with Crippen molar-refractivity contribution in [3.8, 4) is 5.69 Å². The Hall–Kier alpha value is -1.17. The maximum Gasteiger partial charge on any atom is 0.182 e. The van der Waals surface area contributed by atoms with Crippen LogP contribution in [0.25, 0.3) is 16.7 Å². The highest BCUT2D eigenvalue weighted by Crippen LogP contribution is 2.27. The standard InChI is InChI=1S/C12H7BrClN3S/c13-8-5-7(1-2-9(8)14)17-11-3-4-15-6-10(11)16-12(17)18/h1-6H,(H,16,18). The molecule has 0 bridgehead atoms. The van der Waals surface area contributed by atoms with Crippen LogP contribution < -0.4 is 0 Å². The molecule has 0 aliphatic carbocycles. The summed E-state index contributed by atoms with van der Waals surface area (Å²) in [4.78, 5) is 7.20. The molecule has 0 aliphatic heterocycles. The number of hydrogen-bond donors (Lipinski definition) is 1. The fourth-order valence-electron chi connectivity index (χ4n) is 1.84. The van der Waals surface area contributed by atoms with Crippen molar-refractivity contribution >= 4 is 50.8 Å². The molecule has 18 heavy (non-hydrogen) atoms. The van der Waals surface area contributed by atoms with Gasteiger partial charge in [0, 0.05) is 16.4 Å². The predicted octanol–water partition coefficient (Wildman–Crippen LogP) is 4.50. The lowest BCUT2D eigenvalue weighted by atomic mass is 10.3. The average molecular weight is 341 g/mol. The molecule has 0 radical (unpaired) electrons. The number of benzene rings is 1. The smallest absolute Gasteiger partial charge is 0.182 e. The van der Waals surface area contributed by atoms with Crippen LogP contribution in [0.15, 0.2) is 41.1 Å². The molecule has 3 aromatic rings. The van der Waals surface area contributed by atoms with Gasteiger partial charge in [-0.3, -0.25) is 9.55 Å². The van der Waals surface area contributed by atoms with Crippen LogP contribution in [-0.2, 0) is 0 Å². The molecule has 0 spiro atoms. The van der Waals surface area contributed by atoms with E-state index in [9.17, 15) is 0 Å². The van der Waals surface area contributed by atoms with Crippen molar-refractivity contribution in [3.05, 3.63) is 50.9 Å². The fourth-order valence-corrected chi connectivity index (χ4v) is 2.64. The van der Waals surface area contributed by atoms with E-state index in [1.54, 1.807) is 12.4 Å². The van der Waals surface area contributed by atoms with Crippen LogP contribution in [0.1, 0.15) is 0 Å². The van der Waals surface area contributed by atoms with Gasteiger partial charge in [-0.1, -0.05) is 11.6 Å². The lowest BCUT2D eigenvalue weighted by Crippen LogP contribution is -1.93. The first-order valence-electron chi connectivity index (χ1n) is 5.17. The quantitative estimate of drug-likeness (QED) is 0.662. The first kappa shape index (κ1) is 11.9. The van der Waals surface area contributed by atoms with Crippen LogP contribution in [0.4, 0.5) is 0 Å². The second-order valence-corrected chi connectivity index (χ2v) is 5.41. The molecule has 90 valence electrons. The summed E-state index contributed by atoms with van der Waals surface area (Å²) in [6, 6.07) is 7.62. The van der Waals surface area contributed by atoms with Gasteiger partial charge in [0.25, 0.3) is 0 Å². The summed E-state index contributed by atoms with van der Waals surface area (Å²) < 4.78 is 3.42. The summed E-state index contributed by atoms with van der Waals surface area (Å²) in [5.74, 6) is 0. The minimum atomic E-state index is 0.632. The molecule has 0 saturated heterocycles. The number of aromatic amines is 1. The van der Waals surface area contributed by atoms with Crippen molar-refractivity contribution in [2.75, 3.05) is 0 Å². The van der Waals surface area contributed by atoms with Gasteiger partial charge < -0.3 is 4.98 Å². The van der Waals surface area contributed by atoms with Crippen LogP contribution in [0, 0.1) is 4.77 Å². The highest BCUT2D eigenvalue weighted by atomic mass is 79.9. The molecule has 0 atom stereocenters. The van der Waals surface area contributed by atoms with Crippen molar-refractivity contribution in [3.63, 3.8) is 0 Å². The second kappa shape index (κ2) is 4.50. The number of rotatable bonds is 1. The predicted molar refractivity (Wildman–Crippen MR) is 79.0 cm³/mol. The maximum absolute atomic E-state index is 6.00. The van der Waals surface area contributed by atoms with Crippen LogP contribution in [-0.4, -0.2) is 14.5 Å². The van der Waals surface area contributed by atoms with Crippen LogP contribution in [0.5, 0.6) is 0 Å². The van der Waals surface area contributed by atoms with E-state index >= 15 is 0 Å². The zero-order valence-corrected chi connectivity index (χ0v) is 12.2. The summed E-state index contributed by atoms with van der Waals surface area (Å²) in [5, 5.41) is 0.673. The molecular weight excluding hydrogens is 334 g/mol. The molecule has 0 aliphatic rings. The van der Waals surface area contributed by atoms with Gasteiger partial charge in [0.05, 0.1) is 22.3 Å². The topological polar surface area (TPSA) is 33.6 Å². The summed E-state index contributed by atoms with van der Waals surface area (Å²) in [6.45, 7) is 0. The van der Waals surface area contributed by atoms with Gasteiger partial charge in [-0.2, -0.15) is 0 Å². The van der Waals surface area contributed by atoms with Crippen molar-refractivity contribution in [2.45, 2.75) is 0 Å². The highest BCUT2D eigenvalue weighted by Gasteiger charge is 2.07. The molecule has 0 amide bonds. The fraction of sp³-hybridized carbons (Fsp3) is 0. The van der Waals surface area contributed by atoms with Gasteiger partial charge in [0.15, 0.2) is 4.77 Å². The number of nitrogens with one attached hydrogen (secondary N) is 1. The molecule has 6 heteroatoms. The Kier molecular flexibility index (Phi) is 2.97. The summed E-state index contributed by atoms with van der Waals surface area (Å²) in [5.41, 5.74) is 2.85. The number of nitrogens with zero attached hydrogens (tertiary/aromatic N) is 2. The monoisotopic (exact) mass is 339 g/mol. The normalized spacial score (nSPS) is 11.0. The lowest BCUT2D eigenvalue weighted by Gasteiger charge is -2.05. The van der Waals surface area contributed by atoms with E-state index in [1.807, 2.05) is 28.8 Å². The van der Waals surface area contributed by atoms with Gasteiger partial charge in [-0.15, -0.1) is 0 Å². The summed E-state index contributed by atoms with van der Waals surface area (Å²) in [6.07, 6.45) is 3.50. The first-order chi connectivity index (χ1) is 8.66. The zero-order chi connectivity index (χ0) is 12.7. The van der Waals surface area contributed by atoms with E-state index in [0.29, 0.717) is 9.79 Å². The number of hydrogen-bond acceptors (Lipinski definition) is 2. The Balaban J connectivity index is 2.34. The first-order valence-corrected chi connectivity index (χ1v) is 6.75. The number of fused-ring (bicyclic) bond motifs is 1. The van der Waals surface area contributed by atoms with Crippen LogP contribution >= 0.6 is 39.7 Å². The van der Waals surface area contributed by atoms with E-state index in [-0.39, 0.29) is 0 Å². The molecule has 0 saturated carbocycles. The van der Waals surface area contributed by atoms with E-state index in [4.69, 9.17) is 23.8 Å². The summed E-state index contributed by atoms with van der Waals surface area (Å²) >= 11 is 14.8. The SMILES string of the molecule is S=c1[nH]c2cnccc2n1-c1ccc(Cl)c(Br)c1. The minimum Gasteiger partial charge on any atom is -0.329 e. The molecule has 1 aromatic carbocycles. The van der Waals surface area contributed by atoms with Crippen molar-refractivity contribution in [1.29, 1.82) is 0 Å². The number of halogens is 2. The number of imidazole rings is 1. The lowest BCUT2D eigenvalue weighted by molar-refractivity contribution is 1.06.